The highest BCUT2D eigenvalue weighted by molar-refractivity contribution is 5.51. The van der Waals surface area contributed by atoms with E-state index in [4.69, 9.17) is 0 Å². The van der Waals surface area contributed by atoms with Crippen LogP contribution in [0.2, 0.25) is 0 Å². The second-order valence-corrected chi connectivity index (χ2v) is 3.76. The zero-order valence-corrected chi connectivity index (χ0v) is 10.2. The van der Waals surface area contributed by atoms with Crippen molar-refractivity contribution in [1.29, 1.82) is 0 Å². The number of anilines is 1. The average Bonchev–Trinajstić information content (AvgIpc) is 2.85. The lowest BCUT2D eigenvalue weighted by atomic mass is 10.4. The summed E-state index contributed by atoms with van der Waals surface area (Å²) in [6, 6.07) is 1.88. The van der Waals surface area contributed by atoms with Gasteiger partial charge in [-0.25, -0.2) is 15.0 Å². The Morgan fingerprint density at radius 1 is 1.35 bits per heavy atom. The summed E-state index contributed by atoms with van der Waals surface area (Å²) in [6.45, 7) is 5.99. The quantitative estimate of drug-likeness (QED) is 0.857. The number of nitrogens with zero attached hydrogens (tertiary/aromatic N) is 4. The van der Waals surface area contributed by atoms with Crippen LogP contribution in [0.4, 0.5) is 5.82 Å². The SMILES string of the molecule is CCCNc1ccnc(-c2cncn2CC)n1. The second kappa shape index (κ2) is 5.43. The minimum Gasteiger partial charge on any atom is -0.370 e. The lowest BCUT2D eigenvalue weighted by Crippen LogP contribution is -2.04. The van der Waals surface area contributed by atoms with Crippen LogP contribution in [0.5, 0.6) is 0 Å². The van der Waals surface area contributed by atoms with Crippen LogP contribution in [0.25, 0.3) is 11.5 Å². The van der Waals surface area contributed by atoms with Gasteiger partial charge in [0.1, 0.15) is 11.5 Å². The lowest BCUT2D eigenvalue weighted by Gasteiger charge is -2.06. The summed E-state index contributed by atoms with van der Waals surface area (Å²) in [5.41, 5.74) is 0.952. The van der Waals surface area contributed by atoms with Gasteiger partial charge in [-0.15, -0.1) is 0 Å². The Morgan fingerprint density at radius 3 is 3.00 bits per heavy atom. The summed E-state index contributed by atoms with van der Waals surface area (Å²) in [5.74, 6) is 1.58. The largest absolute Gasteiger partial charge is 0.370 e. The summed E-state index contributed by atoms with van der Waals surface area (Å²) < 4.78 is 2.03. The summed E-state index contributed by atoms with van der Waals surface area (Å²) in [7, 11) is 0. The Morgan fingerprint density at radius 2 is 2.24 bits per heavy atom. The molecule has 2 rings (SSSR count). The number of aryl methyl sites for hydroxylation is 1. The topological polar surface area (TPSA) is 55.6 Å². The van der Waals surface area contributed by atoms with E-state index < -0.39 is 0 Å². The molecule has 5 heteroatoms. The first kappa shape index (κ1) is 11.6. The first-order chi connectivity index (χ1) is 8.35. The number of hydrogen-bond donors (Lipinski definition) is 1. The minimum absolute atomic E-state index is 0.713. The van der Waals surface area contributed by atoms with Gasteiger partial charge in [0.2, 0.25) is 0 Å². The monoisotopic (exact) mass is 231 g/mol. The molecular weight excluding hydrogens is 214 g/mol. The maximum absolute atomic E-state index is 4.48. The van der Waals surface area contributed by atoms with Gasteiger partial charge in [0.25, 0.3) is 0 Å². The molecule has 0 amide bonds. The third kappa shape index (κ3) is 2.61. The molecule has 2 aromatic heterocycles. The fraction of sp³-hybridized carbons (Fsp3) is 0.417. The van der Waals surface area contributed by atoms with E-state index in [1.807, 2.05) is 10.6 Å². The van der Waals surface area contributed by atoms with E-state index in [1.165, 1.54) is 0 Å². The maximum atomic E-state index is 4.48. The highest BCUT2D eigenvalue weighted by Gasteiger charge is 2.07. The predicted octanol–water partition coefficient (Wildman–Crippen LogP) is 2.18. The van der Waals surface area contributed by atoms with Gasteiger partial charge in [0.15, 0.2) is 5.82 Å². The van der Waals surface area contributed by atoms with E-state index in [0.717, 1.165) is 31.0 Å². The summed E-state index contributed by atoms with van der Waals surface area (Å²) in [4.78, 5) is 12.9. The Balaban J connectivity index is 2.26. The van der Waals surface area contributed by atoms with Gasteiger partial charge in [-0.2, -0.15) is 0 Å². The molecule has 0 aliphatic rings. The molecule has 0 unspecified atom stereocenters. The van der Waals surface area contributed by atoms with Crippen molar-refractivity contribution < 1.29 is 0 Å². The number of imidazole rings is 1. The zero-order valence-electron chi connectivity index (χ0n) is 10.2. The Bertz CT molecular complexity index is 477. The Kier molecular flexibility index (Phi) is 3.69. The van der Waals surface area contributed by atoms with Crippen molar-refractivity contribution in [2.45, 2.75) is 26.8 Å². The van der Waals surface area contributed by atoms with Crippen LogP contribution >= 0.6 is 0 Å². The smallest absolute Gasteiger partial charge is 0.179 e. The van der Waals surface area contributed by atoms with Gasteiger partial charge >= 0.3 is 0 Å². The molecule has 0 saturated carbocycles. The predicted molar refractivity (Wildman–Crippen MR) is 67.7 cm³/mol. The van der Waals surface area contributed by atoms with Crippen molar-refractivity contribution in [2.75, 3.05) is 11.9 Å². The number of hydrogen-bond acceptors (Lipinski definition) is 4. The molecule has 0 atom stereocenters. The van der Waals surface area contributed by atoms with Gasteiger partial charge in [0, 0.05) is 19.3 Å². The molecule has 0 radical (unpaired) electrons. The molecule has 0 saturated heterocycles. The second-order valence-electron chi connectivity index (χ2n) is 3.76. The van der Waals surface area contributed by atoms with Crippen molar-refractivity contribution in [1.82, 2.24) is 19.5 Å². The fourth-order valence-electron chi connectivity index (χ4n) is 1.59. The average molecular weight is 231 g/mol. The summed E-state index contributed by atoms with van der Waals surface area (Å²) in [5, 5.41) is 3.25. The van der Waals surface area contributed by atoms with Crippen LogP contribution in [0.15, 0.2) is 24.8 Å². The molecule has 0 aromatic carbocycles. The summed E-state index contributed by atoms with van der Waals surface area (Å²) >= 11 is 0. The normalized spacial score (nSPS) is 10.5. The van der Waals surface area contributed by atoms with E-state index in [9.17, 15) is 0 Å². The number of nitrogens with one attached hydrogen (secondary N) is 1. The van der Waals surface area contributed by atoms with E-state index in [0.29, 0.717) is 5.82 Å². The molecule has 0 fully saturated rings. The van der Waals surface area contributed by atoms with Crippen molar-refractivity contribution >= 4 is 5.82 Å². The maximum Gasteiger partial charge on any atom is 0.179 e. The Hall–Kier alpha value is -1.91. The fourth-order valence-corrected chi connectivity index (χ4v) is 1.59. The van der Waals surface area contributed by atoms with Crippen molar-refractivity contribution in [2.24, 2.45) is 0 Å². The Labute approximate surface area is 101 Å². The molecular formula is C12H17N5. The van der Waals surface area contributed by atoms with Gasteiger partial charge in [0.05, 0.1) is 12.5 Å². The first-order valence-electron chi connectivity index (χ1n) is 5.92. The third-order valence-electron chi connectivity index (χ3n) is 2.49. The molecule has 2 heterocycles. The molecule has 17 heavy (non-hydrogen) atoms. The molecule has 90 valence electrons. The van der Waals surface area contributed by atoms with E-state index in [1.54, 1.807) is 18.7 Å². The van der Waals surface area contributed by atoms with Gasteiger partial charge < -0.3 is 9.88 Å². The van der Waals surface area contributed by atoms with Gasteiger partial charge in [-0.05, 0) is 19.4 Å². The molecule has 0 spiro atoms. The first-order valence-corrected chi connectivity index (χ1v) is 5.92. The zero-order chi connectivity index (χ0) is 12.1. The highest BCUT2D eigenvalue weighted by atomic mass is 15.1. The van der Waals surface area contributed by atoms with Gasteiger partial charge in [-0.3, -0.25) is 0 Å². The van der Waals surface area contributed by atoms with Crippen molar-refractivity contribution in [3.05, 3.63) is 24.8 Å². The van der Waals surface area contributed by atoms with E-state index >= 15 is 0 Å². The van der Waals surface area contributed by atoms with Crippen LogP contribution in [0.3, 0.4) is 0 Å². The standard InChI is InChI=1S/C12H17N5/c1-3-6-14-11-5-7-15-12(16-11)10-8-13-9-17(10)4-2/h5,7-9H,3-4,6H2,1-2H3,(H,14,15,16). The van der Waals surface area contributed by atoms with Gasteiger partial charge in [-0.1, -0.05) is 6.92 Å². The third-order valence-corrected chi connectivity index (χ3v) is 2.49. The molecule has 0 aliphatic heterocycles. The minimum atomic E-state index is 0.713. The van der Waals surface area contributed by atoms with E-state index in [-0.39, 0.29) is 0 Å². The lowest BCUT2D eigenvalue weighted by molar-refractivity contribution is 0.763. The van der Waals surface area contributed by atoms with Crippen LogP contribution in [-0.4, -0.2) is 26.1 Å². The van der Waals surface area contributed by atoms with Crippen LogP contribution in [-0.2, 0) is 6.54 Å². The summed E-state index contributed by atoms with van der Waals surface area (Å²) in [6.07, 6.45) is 6.44. The molecule has 0 bridgehead atoms. The van der Waals surface area contributed by atoms with E-state index in [2.05, 4.69) is 34.1 Å². The molecule has 2 aromatic rings. The van der Waals surface area contributed by atoms with Crippen LogP contribution < -0.4 is 5.32 Å². The number of rotatable bonds is 5. The number of aromatic nitrogens is 4. The molecule has 0 aliphatic carbocycles. The van der Waals surface area contributed by atoms with Crippen LogP contribution in [0.1, 0.15) is 20.3 Å². The molecule has 5 nitrogen and oxygen atoms in total. The van der Waals surface area contributed by atoms with Crippen LogP contribution in [0, 0.1) is 0 Å². The highest BCUT2D eigenvalue weighted by Crippen LogP contribution is 2.15. The van der Waals surface area contributed by atoms with Crippen molar-refractivity contribution in [3.63, 3.8) is 0 Å². The molecule has 1 N–H and O–H groups in total. The van der Waals surface area contributed by atoms with Crippen molar-refractivity contribution in [3.8, 4) is 11.5 Å².